The molecule has 0 unspecified atom stereocenters. The zero-order valence-corrected chi connectivity index (χ0v) is 17.2. The number of Topliss-reactive ketones (excluding diaryl/α,β-unsaturated/α-hetero) is 1. The van der Waals surface area contributed by atoms with Crippen LogP contribution in [0.2, 0.25) is 0 Å². The number of nitrogens with zero attached hydrogens (tertiary/aromatic N) is 2. The van der Waals surface area contributed by atoms with Crippen molar-refractivity contribution in [1.29, 1.82) is 5.26 Å². The van der Waals surface area contributed by atoms with Crippen molar-refractivity contribution >= 4 is 17.8 Å². The first-order chi connectivity index (χ1) is 14.2. The Morgan fingerprint density at radius 3 is 2.53 bits per heavy atom. The Labute approximate surface area is 173 Å². The van der Waals surface area contributed by atoms with Gasteiger partial charge in [0.2, 0.25) is 0 Å². The van der Waals surface area contributed by atoms with Crippen LogP contribution in [-0.2, 0) is 14.3 Å². The van der Waals surface area contributed by atoms with Crippen molar-refractivity contribution in [1.82, 2.24) is 4.57 Å². The van der Waals surface area contributed by atoms with E-state index in [2.05, 4.69) is 0 Å². The number of ether oxygens (including phenoxy) is 2. The van der Waals surface area contributed by atoms with Crippen molar-refractivity contribution in [3.05, 3.63) is 64.0 Å². The first kappa shape index (κ1) is 23.0. The number of benzene rings is 1. The van der Waals surface area contributed by atoms with E-state index in [4.69, 9.17) is 9.47 Å². The van der Waals surface area contributed by atoms with Gasteiger partial charge in [-0.1, -0.05) is 0 Å². The minimum Gasteiger partial charge on any atom is -0.453 e. The van der Waals surface area contributed by atoms with Crippen molar-refractivity contribution in [2.75, 3.05) is 20.3 Å². The lowest BCUT2D eigenvalue weighted by molar-refractivity contribution is -0.137. The number of methoxy groups -OCH3 is 1. The van der Waals surface area contributed by atoms with Gasteiger partial charge >= 0.3 is 5.97 Å². The second kappa shape index (κ2) is 9.94. The van der Waals surface area contributed by atoms with Gasteiger partial charge in [0.05, 0.1) is 12.6 Å². The topological polar surface area (TPSA) is 81.3 Å². The van der Waals surface area contributed by atoms with Crippen LogP contribution in [0.1, 0.15) is 40.3 Å². The van der Waals surface area contributed by atoms with Gasteiger partial charge in [0, 0.05) is 24.1 Å². The Morgan fingerprint density at radius 1 is 1.23 bits per heavy atom. The number of nitriles is 1. The number of halogens is 2. The number of carbonyl (C=O) groups is 2. The van der Waals surface area contributed by atoms with Crippen LogP contribution in [-0.4, -0.2) is 36.6 Å². The minimum absolute atomic E-state index is 0.0587. The fourth-order valence-electron chi connectivity index (χ4n) is 3.20. The smallest absolute Gasteiger partial charge is 0.349 e. The first-order valence-corrected chi connectivity index (χ1v) is 9.14. The van der Waals surface area contributed by atoms with Gasteiger partial charge < -0.3 is 14.0 Å². The summed E-state index contributed by atoms with van der Waals surface area (Å²) in [6, 6.07) is 6.29. The summed E-state index contributed by atoms with van der Waals surface area (Å²) in [6.45, 7) is 5.55. The summed E-state index contributed by atoms with van der Waals surface area (Å²) in [7, 11) is 1.61. The number of hydrogen-bond acceptors (Lipinski definition) is 5. The van der Waals surface area contributed by atoms with E-state index in [0.29, 0.717) is 12.2 Å². The van der Waals surface area contributed by atoms with Crippen LogP contribution in [0.25, 0.3) is 6.08 Å². The maximum Gasteiger partial charge on any atom is 0.349 e. The van der Waals surface area contributed by atoms with E-state index in [9.17, 15) is 23.6 Å². The number of hydrogen-bond donors (Lipinski definition) is 0. The largest absolute Gasteiger partial charge is 0.453 e. The van der Waals surface area contributed by atoms with Gasteiger partial charge in [0.25, 0.3) is 0 Å². The molecule has 6 nitrogen and oxygen atoms in total. The number of rotatable bonds is 8. The molecule has 2 rings (SSSR count). The molecule has 0 amide bonds. The van der Waals surface area contributed by atoms with Gasteiger partial charge in [-0.25, -0.2) is 13.6 Å². The monoisotopic (exact) mass is 416 g/mol. The molecule has 0 aliphatic heterocycles. The molecule has 158 valence electrons. The molecule has 1 aromatic carbocycles. The van der Waals surface area contributed by atoms with E-state index >= 15 is 0 Å². The molecule has 30 heavy (non-hydrogen) atoms. The average Bonchev–Trinajstić information content (AvgIpc) is 2.99. The minimum atomic E-state index is -1.18. The van der Waals surface area contributed by atoms with E-state index in [1.165, 1.54) is 6.08 Å². The third kappa shape index (κ3) is 5.19. The Kier molecular flexibility index (Phi) is 7.61. The van der Waals surface area contributed by atoms with Crippen molar-refractivity contribution in [2.45, 2.75) is 26.8 Å². The molecule has 0 N–H and O–H groups in total. The summed E-state index contributed by atoms with van der Waals surface area (Å²) in [6.07, 6.45) is 1.39. The Balaban J connectivity index is 2.15. The van der Waals surface area contributed by atoms with Crippen molar-refractivity contribution < 1.29 is 27.8 Å². The van der Waals surface area contributed by atoms with Gasteiger partial charge in [-0.05, 0) is 56.7 Å². The van der Waals surface area contributed by atoms with Crippen molar-refractivity contribution in [3.63, 3.8) is 0 Å². The normalized spacial score (nSPS) is 12.4. The molecular formula is C22H22F2N2O4. The van der Waals surface area contributed by atoms with Crippen LogP contribution in [0.3, 0.4) is 0 Å². The highest BCUT2D eigenvalue weighted by molar-refractivity contribution is 6.02. The van der Waals surface area contributed by atoms with Gasteiger partial charge in [-0.3, -0.25) is 4.79 Å². The maximum absolute atomic E-state index is 13.2. The molecule has 1 atom stereocenters. The summed E-state index contributed by atoms with van der Waals surface area (Å²) in [5.41, 5.74) is 2.02. The lowest BCUT2D eigenvalue weighted by Crippen LogP contribution is -2.15. The SMILES string of the molecule is COC[C@@H](C)n1c(C)cc(/C=C(\C#N)C(=O)OCC(=O)c2ccc(F)c(F)c2)c1C. The van der Waals surface area contributed by atoms with Crippen LogP contribution < -0.4 is 0 Å². The predicted octanol–water partition coefficient (Wildman–Crippen LogP) is 3.92. The molecule has 1 aromatic heterocycles. The zero-order valence-electron chi connectivity index (χ0n) is 17.2. The number of aromatic nitrogens is 1. The highest BCUT2D eigenvalue weighted by Gasteiger charge is 2.18. The van der Waals surface area contributed by atoms with Crippen LogP contribution in [0.15, 0.2) is 29.8 Å². The van der Waals surface area contributed by atoms with Gasteiger partial charge in [-0.2, -0.15) is 5.26 Å². The lowest BCUT2D eigenvalue weighted by Gasteiger charge is -2.17. The van der Waals surface area contributed by atoms with Gasteiger partial charge in [0.15, 0.2) is 24.0 Å². The molecule has 0 aliphatic carbocycles. The second-order valence-corrected chi connectivity index (χ2v) is 6.80. The summed E-state index contributed by atoms with van der Waals surface area (Å²) < 4.78 is 38.3. The number of carbonyl (C=O) groups excluding carboxylic acids is 2. The van der Waals surface area contributed by atoms with Crippen LogP contribution >= 0.6 is 0 Å². The summed E-state index contributed by atoms with van der Waals surface area (Å²) >= 11 is 0. The zero-order chi connectivity index (χ0) is 22.4. The standard InChI is InChI=1S/C22H22F2N2O4/c1-13-7-17(15(3)26(13)14(2)11-29-4)8-18(10-25)22(28)30-12-21(27)16-5-6-19(23)20(24)9-16/h5-9,14H,11-12H2,1-4H3/b18-8+/t14-/m1/s1. The summed E-state index contributed by atoms with van der Waals surface area (Å²) in [5, 5.41) is 9.35. The van der Waals surface area contributed by atoms with E-state index < -0.39 is 30.0 Å². The fourth-order valence-corrected chi connectivity index (χ4v) is 3.20. The molecule has 0 aliphatic rings. The quantitative estimate of drug-likeness (QED) is 0.282. The van der Waals surface area contributed by atoms with Crippen molar-refractivity contribution in [2.24, 2.45) is 0 Å². The predicted molar refractivity (Wildman–Crippen MR) is 106 cm³/mol. The van der Waals surface area contributed by atoms with E-state index in [1.807, 2.05) is 31.4 Å². The summed E-state index contributed by atoms with van der Waals surface area (Å²) in [5.74, 6) is -3.97. The van der Waals surface area contributed by atoms with Gasteiger partial charge in [0.1, 0.15) is 11.6 Å². The van der Waals surface area contributed by atoms with Gasteiger partial charge in [-0.15, -0.1) is 0 Å². The molecule has 0 spiro atoms. The molecular weight excluding hydrogens is 394 g/mol. The molecule has 2 aromatic rings. The highest BCUT2D eigenvalue weighted by Crippen LogP contribution is 2.23. The first-order valence-electron chi connectivity index (χ1n) is 9.14. The Bertz CT molecular complexity index is 1030. The summed E-state index contributed by atoms with van der Waals surface area (Å²) in [4.78, 5) is 24.3. The molecule has 0 radical (unpaired) electrons. The molecule has 0 fully saturated rings. The van der Waals surface area contributed by atoms with Crippen LogP contribution in [0, 0.1) is 36.8 Å². The molecule has 0 saturated heterocycles. The van der Waals surface area contributed by atoms with Crippen LogP contribution in [0.5, 0.6) is 0 Å². The number of ketones is 1. The third-order valence-corrected chi connectivity index (χ3v) is 4.59. The van der Waals surface area contributed by atoms with E-state index in [1.54, 1.807) is 13.2 Å². The lowest BCUT2D eigenvalue weighted by atomic mass is 10.1. The molecule has 1 heterocycles. The Hall–Kier alpha value is -3.31. The average molecular weight is 416 g/mol. The Morgan fingerprint density at radius 2 is 1.93 bits per heavy atom. The molecule has 0 bridgehead atoms. The highest BCUT2D eigenvalue weighted by atomic mass is 19.2. The molecule has 0 saturated carbocycles. The maximum atomic E-state index is 13.2. The third-order valence-electron chi connectivity index (χ3n) is 4.59. The van der Waals surface area contributed by atoms with Crippen molar-refractivity contribution in [3.8, 4) is 6.07 Å². The molecule has 8 heteroatoms. The number of esters is 1. The number of aryl methyl sites for hydroxylation is 1. The van der Waals surface area contributed by atoms with E-state index in [-0.39, 0.29) is 17.2 Å². The van der Waals surface area contributed by atoms with E-state index in [0.717, 1.165) is 29.6 Å². The second-order valence-electron chi connectivity index (χ2n) is 6.80. The van der Waals surface area contributed by atoms with Crippen LogP contribution in [0.4, 0.5) is 8.78 Å². The fraction of sp³-hybridized carbons (Fsp3) is 0.318.